The third kappa shape index (κ3) is 3.12. The number of pyridine rings is 1. The normalized spacial score (nSPS) is 16.1. The van der Waals surface area contributed by atoms with Crippen LogP contribution in [0.2, 0.25) is 0 Å². The number of aromatic nitrogens is 1. The van der Waals surface area contributed by atoms with Gasteiger partial charge in [0.1, 0.15) is 12.4 Å². The minimum absolute atomic E-state index is 0.311. The average molecular weight is 255 g/mol. The molecule has 0 bridgehead atoms. The van der Waals surface area contributed by atoms with Crippen molar-refractivity contribution in [1.82, 2.24) is 4.98 Å². The molecule has 19 heavy (non-hydrogen) atoms. The number of ether oxygens (including phenoxy) is 1. The van der Waals surface area contributed by atoms with E-state index in [4.69, 9.17) is 4.74 Å². The molecular weight excluding hydrogens is 238 g/mol. The summed E-state index contributed by atoms with van der Waals surface area (Å²) < 4.78 is 5.69. The molecule has 1 aliphatic carbocycles. The van der Waals surface area contributed by atoms with Gasteiger partial charge in [-0.1, -0.05) is 12.1 Å². The van der Waals surface area contributed by atoms with Gasteiger partial charge in [0.25, 0.3) is 0 Å². The van der Waals surface area contributed by atoms with E-state index in [-0.39, 0.29) is 6.10 Å². The quantitative estimate of drug-likeness (QED) is 0.892. The summed E-state index contributed by atoms with van der Waals surface area (Å²) in [5, 5.41) is 10.0. The van der Waals surface area contributed by atoms with Crippen LogP contribution in [-0.2, 0) is 6.61 Å². The van der Waals surface area contributed by atoms with Crippen molar-refractivity contribution in [1.29, 1.82) is 0 Å². The molecule has 1 heterocycles. The lowest BCUT2D eigenvalue weighted by atomic mass is 10.1. The highest BCUT2D eigenvalue weighted by Crippen LogP contribution is 2.41. The Hall–Kier alpha value is -1.87. The first-order valence-electron chi connectivity index (χ1n) is 6.62. The van der Waals surface area contributed by atoms with Crippen molar-refractivity contribution in [2.75, 3.05) is 0 Å². The summed E-state index contributed by atoms with van der Waals surface area (Å²) in [7, 11) is 0. The number of benzene rings is 1. The van der Waals surface area contributed by atoms with Gasteiger partial charge < -0.3 is 9.84 Å². The van der Waals surface area contributed by atoms with Crippen molar-refractivity contribution in [2.24, 2.45) is 5.92 Å². The van der Waals surface area contributed by atoms with Gasteiger partial charge in [0, 0.05) is 12.4 Å². The molecule has 98 valence electrons. The van der Waals surface area contributed by atoms with Gasteiger partial charge in [0.2, 0.25) is 0 Å². The number of hydrogen-bond donors (Lipinski definition) is 1. The summed E-state index contributed by atoms with van der Waals surface area (Å²) in [4.78, 5) is 3.97. The summed E-state index contributed by atoms with van der Waals surface area (Å²) in [6.45, 7) is 0.535. The van der Waals surface area contributed by atoms with Crippen LogP contribution in [0.15, 0.2) is 48.8 Å². The second kappa shape index (κ2) is 5.41. The topological polar surface area (TPSA) is 42.4 Å². The Morgan fingerprint density at radius 3 is 2.42 bits per heavy atom. The zero-order valence-electron chi connectivity index (χ0n) is 10.7. The summed E-state index contributed by atoms with van der Waals surface area (Å²) in [5.41, 5.74) is 2.08. The van der Waals surface area contributed by atoms with Gasteiger partial charge in [-0.15, -0.1) is 0 Å². The van der Waals surface area contributed by atoms with Crippen LogP contribution in [0.5, 0.6) is 5.75 Å². The first-order chi connectivity index (χ1) is 9.33. The van der Waals surface area contributed by atoms with E-state index < -0.39 is 0 Å². The lowest BCUT2D eigenvalue weighted by Gasteiger charge is -2.11. The van der Waals surface area contributed by atoms with E-state index in [0.717, 1.165) is 29.7 Å². The lowest BCUT2D eigenvalue weighted by molar-refractivity contribution is 0.153. The van der Waals surface area contributed by atoms with Gasteiger partial charge in [-0.3, -0.25) is 4.98 Å². The molecule has 0 amide bonds. The van der Waals surface area contributed by atoms with Crippen LogP contribution in [0, 0.1) is 5.92 Å². The van der Waals surface area contributed by atoms with Gasteiger partial charge in [0.15, 0.2) is 0 Å². The predicted octanol–water partition coefficient (Wildman–Crippen LogP) is 3.10. The number of aliphatic hydroxyl groups excluding tert-OH is 1. The Labute approximate surface area is 112 Å². The van der Waals surface area contributed by atoms with Crippen molar-refractivity contribution in [3.8, 4) is 5.75 Å². The van der Waals surface area contributed by atoms with E-state index in [2.05, 4.69) is 4.98 Å². The second-order valence-electron chi connectivity index (χ2n) is 5.00. The molecule has 0 saturated heterocycles. The molecule has 1 unspecified atom stereocenters. The Bertz CT molecular complexity index is 520. The molecule has 1 aromatic heterocycles. The van der Waals surface area contributed by atoms with Crippen LogP contribution in [0.25, 0.3) is 0 Å². The molecule has 3 nitrogen and oxygen atoms in total. The zero-order chi connectivity index (χ0) is 13.1. The lowest BCUT2D eigenvalue weighted by Crippen LogP contribution is -2.00. The van der Waals surface area contributed by atoms with Gasteiger partial charge in [-0.05, 0) is 54.2 Å². The molecule has 3 rings (SSSR count). The maximum absolute atomic E-state index is 10.0. The van der Waals surface area contributed by atoms with E-state index in [1.807, 2.05) is 36.4 Å². The van der Waals surface area contributed by atoms with E-state index in [0.29, 0.717) is 12.5 Å². The molecule has 0 radical (unpaired) electrons. The zero-order valence-corrected chi connectivity index (χ0v) is 10.7. The minimum Gasteiger partial charge on any atom is -0.489 e. The van der Waals surface area contributed by atoms with Crippen LogP contribution >= 0.6 is 0 Å². The first-order valence-corrected chi connectivity index (χ1v) is 6.62. The Morgan fingerprint density at radius 1 is 1.11 bits per heavy atom. The van der Waals surface area contributed by atoms with Crippen LogP contribution in [0.3, 0.4) is 0 Å². The van der Waals surface area contributed by atoms with Gasteiger partial charge in [-0.25, -0.2) is 0 Å². The molecule has 2 aromatic rings. The van der Waals surface area contributed by atoms with Crippen LogP contribution in [0.1, 0.15) is 30.1 Å². The average Bonchev–Trinajstić information content (AvgIpc) is 3.31. The summed E-state index contributed by atoms with van der Waals surface area (Å²) >= 11 is 0. The Morgan fingerprint density at radius 2 is 1.79 bits per heavy atom. The fourth-order valence-corrected chi connectivity index (χ4v) is 2.09. The third-order valence-electron chi connectivity index (χ3n) is 3.45. The standard InChI is InChI=1S/C16H17NO2/c18-16(13-1-2-13)14-3-5-15(6-4-14)19-11-12-7-9-17-10-8-12/h3-10,13,16,18H,1-2,11H2. The van der Waals surface area contributed by atoms with Gasteiger partial charge in [0.05, 0.1) is 6.10 Å². The van der Waals surface area contributed by atoms with Crippen molar-refractivity contribution < 1.29 is 9.84 Å². The summed E-state index contributed by atoms with van der Waals surface area (Å²) in [6, 6.07) is 11.6. The number of aliphatic hydroxyl groups is 1. The molecule has 1 aromatic carbocycles. The second-order valence-corrected chi connectivity index (χ2v) is 5.00. The first kappa shape index (κ1) is 12.2. The van der Waals surface area contributed by atoms with Crippen LogP contribution in [0.4, 0.5) is 0 Å². The fourth-order valence-electron chi connectivity index (χ4n) is 2.09. The van der Waals surface area contributed by atoms with Crippen LogP contribution < -0.4 is 4.74 Å². The monoisotopic (exact) mass is 255 g/mol. The third-order valence-corrected chi connectivity index (χ3v) is 3.45. The Kier molecular flexibility index (Phi) is 3.47. The molecule has 1 aliphatic rings. The highest BCUT2D eigenvalue weighted by molar-refractivity contribution is 5.29. The molecule has 1 saturated carbocycles. The van der Waals surface area contributed by atoms with Gasteiger partial charge >= 0.3 is 0 Å². The van der Waals surface area contributed by atoms with Crippen molar-refractivity contribution in [2.45, 2.75) is 25.6 Å². The number of rotatable bonds is 5. The maximum atomic E-state index is 10.0. The van der Waals surface area contributed by atoms with E-state index in [1.54, 1.807) is 12.4 Å². The SMILES string of the molecule is OC(c1ccc(OCc2ccncc2)cc1)C1CC1. The largest absolute Gasteiger partial charge is 0.489 e. The number of nitrogens with zero attached hydrogens (tertiary/aromatic N) is 1. The number of hydrogen-bond acceptors (Lipinski definition) is 3. The van der Waals surface area contributed by atoms with Gasteiger partial charge in [-0.2, -0.15) is 0 Å². The van der Waals surface area contributed by atoms with Crippen LogP contribution in [-0.4, -0.2) is 10.1 Å². The predicted molar refractivity (Wildman–Crippen MR) is 72.7 cm³/mol. The molecule has 0 spiro atoms. The van der Waals surface area contributed by atoms with Crippen molar-refractivity contribution >= 4 is 0 Å². The highest BCUT2D eigenvalue weighted by Gasteiger charge is 2.30. The van der Waals surface area contributed by atoms with E-state index in [1.165, 1.54) is 0 Å². The smallest absolute Gasteiger partial charge is 0.119 e. The molecular formula is C16H17NO2. The summed E-state index contributed by atoms with van der Waals surface area (Å²) in [6.07, 6.45) is 5.49. The molecule has 1 fully saturated rings. The fraction of sp³-hybridized carbons (Fsp3) is 0.312. The van der Waals surface area contributed by atoms with Crippen molar-refractivity contribution in [3.63, 3.8) is 0 Å². The molecule has 3 heteroatoms. The highest BCUT2D eigenvalue weighted by atomic mass is 16.5. The molecule has 1 N–H and O–H groups in total. The Balaban J connectivity index is 1.59. The molecule has 1 atom stereocenters. The van der Waals surface area contributed by atoms with Crippen molar-refractivity contribution in [3.05, 3.63) is 59.9 Å². The minimum atomic E-state index is -0.311. The van der Waals surface area contributed by atoms with E-state index >= 15 is 0 Å². The maximum Gasteiger partial charge on any atom is 0.119 e. The summed E-state index contributed by atoms with van der Waals surface area (Å²) in [5.74, 6) is 1.28. The molecule has 0 aliphatic heterocycles. The van der Waals surface area contributed by atoms with E-state index in [9.17, 15) is 5.11 Å².